The van der Waals surface area contributed by atoms with E-state index in [1.165, 1.54) is 0 Å². The second-order valence-corrected chi connectivity index (χ2v) is 7.97. The van der Waals surface area contributed by atoms with Crippen LogP contribution in [0.15, 0.2) is 53.5 Å². The van der Waals surface area contributed by atoms with Crippen LogP contribution in [0.2, 0.25) is 0 Å². The first kappa shape index (κ1) is 19.4. The molecule has 1 aliphatic heterocycles. The molecule has 1 fully saturated rings. The van der Waals surface area contributed by atoms with Gasteiger partial charge in [-0.3, -0.25) is 14.3 Å². The van der Waals surface area contributed by atoms with E-state index in [2.05, 4.69) is 26.3 Å². The van der Waals surface area contributed by atoms with Crippen LogP contribution in [0.3, 0.4) is 0 Å². The minimum Gasteiger partial charge on any atom is -0.377 e. The molecule has 0 bridgehead atoms. The molecule has 0 amide bonds. The number of aromatic nitrogens is 4. The Bertz CT molecular complexity index is 1360. The predicted octanol–water partition coefficient (Wildman–Crippen LogP) is 3.49. The number of anilines is 1. The smallest absolute Gasteiger partial charge is 0.259 e. The number of rotatable bonds is 4. The number of hydrogen-bond donors (Lipinski definition) is 1. The maximum absolute atomic E-state index is 13.2. The van der Waals surface area contributed by atoms with E-state index in [0.29, 0.717) is 30.4 Å². The zero-order valence-corrected chi connectivity index (χ0v) is 17.7. The van der Waals surface area contributed by atoms with Crippen molar-refractivity contribution in [1.82, 2.24) is 19.5 Å². The first-order valence-corrected chi connectivity index (χ1v) is 10.3. The average Bonchev–Trinajstić information content (AvgIpc) is 2.74. The molecule has 0 unspecified atom stereocenters. The van der Waals surface area contributed by atoms with Gasteiger partial charge in [-0.05, 0) is 49.2 Å². The number of benzene rings is 1. The molecule has 1 aromatic carbocycles. The minimum absolute atomic E-state index is 0.0892. The lowest BCUT2D eigenvalue weighted by molar-refractivity contribution is 0.0208. The first-order valence-electron chi connectivity index (χ1n) is 10.3. The van der Waals surface area contributed by atoms with E-state index in [9.17, 15) is 4.79 Å². The van der Waals surface area contributed by atoms with Gasteiger partial charge >= 0.3 is 0 Å². The third kappa shape index (κ3) is 3.57. The Labute approximate surface area is 179 Å². The molecule has 7 heteroatoms. The maximum Gasteiger partial charge on any atom is 0.259 e. The molecular formula is C24H23N5O2. The van der Waals surface area contributed by atoms with Gasteiger partial charge in [0, 0.05) is 35.5 Å². The van der Waals surface area contributed by atoms with Crippen molar-refractivity contribution in [3.63, 3.8) is 0 Å². The Morgan fingerprint density at radius 3 is 2.61 bits per heavy atom. The number of aryl methyl sites for hydroxylation is 3. The van der Waals surface area contributed by atoms with Gasteiger partial charge < -0.3 is 10.1 Å². The summed E-state index contributed by atoms with van der Waals surface area (Å²) in [5.41, 5.74) is 5.98. The summed E-state index contributed by atoms with van der Waals surface area (Å²) in [6.45, 7) is 5.29. The van der Waals surface area contributed by atoms with Gasteiger partial charge in [0.25, 0.3) is 5.56 Å². The Hall–Kier alpha value is -3.58. The van der Waals surface area contributed by atoms with Crippen molar-refractivity contribution in [3.05, 3.63) is 70.3 Å². The topological polar surface area (TPSA) is 81.9 Å². The number of nitrogens with one attached hydrogen (secondary N) is 1. The summed E-state index contributed by atoms with van der Waals surface area (Å²) in [4.78, 5) is 26.8. The summed E-state index contributed by atoms with van der Waals surface area (Å²) in [7, 11) is 1.75. The molecule has 156 valence electrons. The van der Waals surface area contributed by atoms with Crippen molar-refractivity contribution >= 4 is 17.0 Å². The lowest BCUT2D eigenvalue weighted by Crippen LogP contribution is -2.40. The third-order valence-corrected chi connectivity index (χ3v) is 5.62. The van der Waals surface area contributed by atoms with E-state index >= 15 is 0 Å². The Balaban J connectivity index is 1.56. The van der Waals surface area contributed by atoms with Gasteiger partial charge in [0.15, 0.2) is 0 Å². The van der Waals surface area contributed by atoms with Gasteiger partial charge in [0.05, 0.1) is 24.9 Å². The normalized spacial score (nSPS) is 13.9. The van der Waals surface area contributed by atoms with Crippen LogP contribution < -0.4 is 10.9 Å². The molecular weight excluding hydrogens is 390 g/mol. The number of hydrogen-bond acceptors (Lipinski definition) is 6. The van der Waals surface area contributed by atoms with Crippen LogP contribution in [0.5, 0.6) is 0 Å². The lowest BCUT2D eigenvalue weighted by atomic mass is 9.97. The van der Waals surface area contributed by atoms with E-state index < -0.39 is 0 Å². The Morgan fingerprint density at radius 1 is 1.06 bits per heavy atom. The second kappa shape index (κ2) is 7.59. The van der Waals surface area contributed by atoms with E-state index in [1.807, 2.05) is 50.2 Å². The van der Waals surface area contributed by atoms with Gasteiger partial charge in [-0.15, -0.1) is 0 Å². The summed E-state index contributed by atoms with van der Waals surface area (Å²) >= 11 is 0. The van der Waals surface area contributed by atoms with Gasteiger partial charge in [0.2, 0.25) is 5.95 Å². The van der Waals surface area contributed by atoms with Gasteiger partial charge in [0.1, 0.15) is 5.65 Å². The van der Waals surface area contributed by atoms with Crippen molar-refractivity contribution < 1.29 is 4.74 Å². The Kier molecular flexibility index (Phi) is 4.75. The summed E-state index contributed by atoms with van der Waals surface area (Å²) in [6.07, 6.45) is 1.76. The molecule has 31 heavy (non-hydrogen) atoms. The highest BCUT2D eigenvalue weighted by Crippen LogP contribution is 2.28. The van der Waals surface area contributed by atoms with Gasteiger partial charge in [-0.1, -0.05) is 18.2 Å². The quantitative estimate of drug-likeness (QED) is 0.552. The van der Waals surface area contributed by atoms with Crippen LogP contribution in [0.4, 0.5) is 5.95 Å². The fraction of sp³-hybridized carbons (Fsp3) is 0.250. The SMILES string of the molecule is Cc1cccc(-c2ccc(-c3cc4cnc(NC5COC5)nc4n(C)c3=O)c(C)c2)n1. The van der Waals surface area contributed by atoms with E-state index in [4.69, 9.17) is 4.74 Å². The molecule has 0 spiro atoms. The van der Waals surface area contributed by atoms with Crippen molar-refractivity contribution in [1.29, 1.82) is 0 Å². The van der Waals surface area contributed by atoms with Gasteiger partial charge in [-0.25, -0.2) is 4.98 Å². The standard InChI is InChI=1S/C24H23N5O2/c1-14-9-16(21-6-4-5-15(2)26-21)7-8-19(14)20-10-17-11-25-24(27-18-12-31-13-18)28-22(17)29(3)23(20)30/h4-11,18H,12-13H2,1-3H3,(H,25,27,28). The third-order valence-electron chi connectivity index (χ3n) is 5.62. The summed E-state index contributed by atoms with van der Waals surface area (Å²) < 4.78 is 6.77. The zero-order valence-electron chi connectivity index (χ0n) is 17.7. The molecule has 0 atom stereocenters. The van der Waals surface area contributed by atoms with Crippen molar-refractivity contribution in [2.24, 2.45) is 7.05 Å². The Morgan fingerprint density at radius 2 is 1.90 bits per heavy atom. The fourth-order valence-corrected chi connectivity index (χ4v) is 3.84. The van der Waals surface area contributed by atoms with Crippen LogP contribution in [0.25, 0.3) is 33.4 Å². The van der Waals surface area contributed by atoms with E-state index in [0.717, 1.165) is 33.5 Å². The predicted molar refractivity (Wildman–Crippen MR) is 121 cm³/mol. The molecule has 5 rings (SSSR count). The largest absolute Gasteiger partial charge is 0.377 e. The second-order valence-electron chi connectivity index (χ2n) is 7.97. The number of nitrogens with zero attached hydrogens (tertiary/aromatic N) is 4. The van der Waals surface area contributed by atoms with Crippen LogP contribution in [0.1, 0.15) is 11.3 Å². The lowest BCUT2D eigenvalue weighted by Gasteiger charge is -2.26. The van der Waals surface area contributed by atoms with E-state index in [1.54, 1.807) is 17.8 Å². The minimum atomic E-state index is -0.0892. The van der Waals surface area contributed by atoms with Crippen LogP contribution >= 0.6 is 0 Å². The maximum atomic E-state index is 13.2. The van der Waals surface area contributed by atoms with E-state index in [-0.39, 0.29) is 11.6 Å². The summed E-state index contributed by atoms with van der Waals surface area (Å²) in [6, 6.07) is 14.1. The molecule has 1 saturated heterocycles. The summed E-state index contributed by atoms with van der Waals surface area (Å²) in [5, 5.41) is 4.05. The average molecular weight is 413 g/mol. The molecule has 4 aromatic rings. The highest BCUT2D eigenvalue weighted by Gasteiger charge is 2.20. The van der Waals surface area contributed by atoms with Crippen LogP contribution in [-0.2, 0) is 11.8 Å². The van der Waals surface area contributed by atoms with Crippen molar-refractivity contribution in [2.45, 2.75) is 19.9 Å². The van der Waals surface area contributed by atoms with Crippen molar-refractivity contribution in [2.75, 3.05) is 18.5 Å². The molecule has 7 nitrogen and oxygen atoms in total. The van der Waals surface area contributed by atoms with Crippen molar-refractivity contribution in [3.8, 4) is 22.4 Å². The highest BCUT2D eigenvalue weighted by atomic mass is 16.5. The molecule has 0 saturated carbocycles. The fourth-order valence-electron chi connectivity index (χ4n) is 3.84. The van der Waals surface area contributed by atoms with Gasteiger partial charge in [-0.2, -0.15) is 4.98 Å². The molecule has 0 radical (unpaired) electrons. The number of ether oxygens (including phenoxy) is 1. The highest BCUT2D eigenvalue weighted by molar-refractivity contribution is 5.83. The molecule has 3 aromatic heterocycles. The van der Waals surface area contributed by atoms with Crippen LogP contribution in [-0.4, -0.2) is 38.8 Å². The molecule has 1 N–H and O–H groups in total. The summed E-state index contributed by atoms with van der Waals surface area (Å²) in [5.74, 6) is 0.509. The number of pyridine rings is 2. The molecule has 4 heterocycles. The number of fused-ring (bicyclic) bond motifs is 1. The van der Waals surface area contributed by atoms with Crippen LogP contribution in [0, 0.1) is 13.8 Å². The first-order chi connectivity index (χ1) is 15.0. The molecule has 1 aliphatic rings. The monoisotopic (exact) mass is 413 g/mol. The zero-order chi connectivity index (χ0) is 21.5. The molecule has 0 aliphatic carbocycles.